The van der Waals surface area contributed by atoms with Crippen LogP contribution >= 0.6 is 23.2 Å². The molecule has 1 aromatic rings. The van der Waals surface area contributed by atoms with Crippen LogP contribution in [0.4, 0.5) is 0 Å². The second-order valence-electron chi connectivity index (χ2n) is 3.87. The molecule has 0 amide bonds. The molecule has 0 fully saturated rings. The van der Waals surface area contributed by atoms with E-state index < -0.39 is 20.1 Å². The molecule has 2 unspecified atom stereocenters. The minimum Gasteiger partial charge on any atom is -0.385 e. The average molecular weight is 297 g/mol. The number of sulfone groups is 1. The lowest BCUT2D eigenvalue weighted by Crippen LogP contribution is -2.37. The minimum absolute atomic E-state index is 0.108. The number of halogens is 2. The number of hydrogen-bond acceptors (Lipinski definition) is 3. The van der Waals surface area contributed by atoms with Gasteiger partial charge in [-0.3, -0.25) is 0 Å². The summed E-state index contributed by atoms with van der Waals surface area (Å²) in [4.78, 5) is 0. The van der Waals surface area contributed by atoms with Gasteiger partial charge in [0.1, 0.15) is 6.10 Å². The van der Waals surface area contributed by atoms with Crippen LogP contribution in [0.1, 0.15) is 25.0 Å². The van der Waals surface area contributed by atoms with Gasteiger partial charge >= 0.3 is 0 Å². The topological polar surface area (TPSA) is 54.4 Å². The Morgan fingerprint density at radius 3 is 2.18 bits per heavy atom. The van der Waals surface area contributed by atoms with E-state index in [4.69, 9.17) is 23.2 Å². The maximum absolute atomic E-state index is 11.6. The van der Waals surface area contributed by atoms with Gasteiger partial charge in [-0.15, -0.1) is 0 Å². The van der Waals surface area contributed by atoms with Crippen molar-refractivity contribution in [3.05, 3.63) is 34.9 Å². The molecule has 6 heteroatoms. The molecule has 0 aliphatic carbocycles. The fraction of sp³-hybridized carbons (Fsp3) is 0.455. The van der Waals surface area contributed by atoms with Gasteiger partial charge < -0.3 is 5.11 Å². The molecule has 0 aliphatic rings. The van der Waals surface area contributed by atoms with Crippen LogP contribution in [0, 0.1) is 0 Å². The average Bonchev–Trinajstić information content (AvgIpc) is 2.26. The quantitative estimate of drug-likeness (QED) is 0.869. The van der Waals surface area contributed by atoms with E-state index in [0.29, 0.717) is 10.6 Å². The maximum Gasteiger partial charge on any atom is 0.174 e. The summed E-state index contributed by atoms with van der Waals surface area (Å²) in [5.74, 6) is 0. The molecular weight excluding hydrogens is 283 g/mol. The van der Waals surface area contributed by atoms with Crippen molar-refractivity contribution in [1.29, 1.82) is 0 Å². The van der Waals surface area contributed by atoms with E-state index >= 15 is 0 Å². The molecule has 0 radical (unpaired) electrons. The first kappa shape index (κ1) is 14.8. The van der Waals surface area contributed by atoms with Crippen LogP contribution in [0.3, 0.4) is 0 Å². The van der Waals surface area contributed by atoms with Gasteiger partial charge in [0, 0.05) is 11.3 Å². The highest BCUT2D eigenvalue weighted by molar-refractivity contribution is 7.93. The molecule has 1 N–H and O–H groups in total. The van der Waals surface area contributed by atoms with Crippen molar-refractivity contribution in [3.8, 4) is 0 Å². The normalized spacial score (nSPS) is 17.5. The van der Waals surface area contributed by atoms with Crippen LogP contribution in [0.2, 0.25) is 5.02 Å². The van der Waals surface area contributed by atoms with Crippen molar-refractivity contribution >= 4 is 33.0 Å². The lowest BCUT2D eigenvalue weighted by atomic mass is 10.0. The second-order valence-corrected chi connectivity index (χ2v) is 7.47. The van der Waals surface area contributed by atoms with E-state index in [2.05, 4.69) is 0 Å². The first-order valence-corrected chi connectivity index (χ1v) is 7.69. The Balaban J connectivity index is 3.19. The molecule has 0 saturated carbocycles. The highest BCUT2D eigenvalue weighted by Crippen LogP contribution is 2.39. The fourth-order valence-electron chi connectivity index (χ4n) is 1.55. The van der Waals surface area contributed by atoms with Crippen molar-refractivity contribution in [2.45, 2.75) is 23.7 Å². The Morgan fingerprint density at radius 2 is 1.82 bits per heavy atom. The number of rotatable bonds is 4. The summed E-state index contributed by atoms with van der Waals surface area (Å²) >= 11 is 11.8. The highest BCUT2D eigenvalue weighted by Gasteiger charge is 2.44. The second kappa shape index (κ2) is 5.14. The molecular formula is C11H14Cl2O3S. The van der Waals surface area contributed by atoms with Crippen molar-refractivity contribution in [1.82, 2.24) is 0 Å². The van der Waals surface area contributed by atoms with Gasteiger partial charge in [-0.2, -0.15) is 0 Å². The van der Waals surface area contributed by atoms with Crippen LogP contribution in [-0.2, 0) is 9.84 Å². The molecule has 3 nitrogen and oxygen atoms in total. The molecule has 0 aromatic heterocycles. The van der Waals surface area contributed by atoms with E-state index in [1.807, 2.05) is 0 Å². The Morgan fingerprint density at radius 1 is 1.35 bits per heavy atom. The molecule has 0 spiro atoms. The van der Waals surface area contributed by atoms with Crippen LogP contribution in [0.25, 0.3) is 0 Å². The third kappa shape index (κ3) is 2.94. The number of hydrogen-bond donors (Lipinski definition) is 1. The van der Waals surface area contributed by atoms with Crippen LogP contribution in [0.5, 0.6) is 0 Å². The predicted octanol–water partition coefficient (Wildman–Crippen LogP) is 2.76. The minimum atomic E-state index is -3.59. The van der Waals surface area contributed by atoms with Gasteiger partial charge in [0.15, 0.2) is 14.0 Å². The number of benzene rings is 1. The summed E-state index contributed by atoms with van der Waals surface area (Å²) in [5, 5.41) is 10.6. The first-order chi connectivity index (χ1) is 7.72. The van der Waals surface area contributed by atoms with Gasteiger partial charge in [-0.05, 0) is 24.1 Å². The third-order valence-corrected chi connectivity index (χ3v) is 6.00. The Bertz CT molecular complexity index is 484. The standard InChI is InChI=1S/C11H14Cl2O3S/c1-3-11(13,17(2,15)16)10(14)8-4-6-9(12)7-5-8/h4-7,10,14H,3H2,1-2H3. The molecule has 0 heterocycles. The van der Waals surface area contributed by atoms with Crippen molar-refractivity contribution in [3.63, 3.8) is 0 Å². The summed E-state index contributed by atoms with van der Waals surface area (Å²) in [5.41, 5.74) is 0.427. The molecule has 1 rings (SSSR count). The number of aliphatic hydroxyl groups excluding tert-OH is 1. The zero-order valence-corrected chi connectivity index (χ0v) is 11.9. The van der Waals surface area contributed by atoms with E-state index in [0.717, 1.165) is 6.26 Å². The number of alkyl halides is 1. The lowest BCUT2D eigenvalue weighted by molar-refractivity contribution is 0.155. The van der Waals surface area contributed by atoms with Gasteiger partial charge in [0.25, 0.3) is 0 Å². The van der Waals surface area contributed by atoms with Crippen LogP contribution < -0.4 is 0 Å². The summed E-state index contributed by atoms with van der Waals surface area (Å²) in [6, 6.07) is 6.28. The summed E-state index contributed by atoms with van der Waals surface area (Å²) in [7, 11) is -3.59. The molecule has 0 bridgehead atoms. The van der Waals surface area contributed by atoms with Crippen molar-refractivity contribution in [2.24, 2.45) is 0 Å². The predicted molar refractivity (Wildman–Crippen MR) is 70.1 cm³/mol. The summed E-state index contributed by atoms with van der Waals surface area (Å²) < 4.78 is 21.6. The Hall–Kier alpha value is -0.290. The fourth-order valence-corrected chi connectivity index (χ4v) is 2.87. The van der Waals surface area contributed by atoms with Crippen LogP contribution in [-0.4, -0.2) is 24.0 Å². The van der Waals surface area contributed by atoms with E-state index in [1.165, 1.54) is 0 Å². The van der Waals surface area contributed by atoms with E-state index in [-0.39, 0.29) is 6.42 Å². The Labute approximate surface area is 111 Å². The summed E-state index contributed by atoms with van der Waals surface area (Å²) in [6.07, 6.45) is -0.166. The number of aliphatic hydroxyl groups is 1. The monoisotopic (exact) mass is 296 g/mol. The lowest BCUT2D eigenvalue weighted by Gasteiger charge is -2.29. The smallest absolute Gasteiger partial charge is 0.174 e. The van der Waals surface area contributed by atoms with Crippen molar-refractivity contribution in [2.75, 3.05) is 6.26 Å². The molecule has 17 heavy (non-hydrogen) atoms. The highest BCUT2D eigenvalue weighted by atomic mass is 35.5. The third-order valence-electron chi connectivity index (χ3n) is 2.69. The van der Waals surface area contributed by atoms with Gasteiger partial charge in [0.05, 0.1) is 0 Å². The SMILES string of the molecule is CCC(Cl)(C(O)c1ccc(Cl)cc1)S(C)(=O)=O. The zero-order chi connectivity index (χ0) is 13.3. The summed E-state index contributed by atoms with van der Waals surface area (Å²) in [6.45, 7) is 1.62. The first-order valence-electron chi connectivity index (χ1n) is 5.04. The molecule has 1 aromatic carbocycles. The Kier molecular flexibility index (Phi) is 4.47. The van der Waals surface area contributed by atoms with Crippen LogP contribution in [0.15, 0.2) is 24.3 Å². The molecule has 0 saturated heterocycles. The zero-order valence-electron chi connectivity index (χ0n) is 9.52. The largest absolute Gasteiger partial charge is 0.385 e. The van der Waals surface area contributed by atoms with E-state index in [9.17, 15) is 13.5 Å². The van der Waals surface area contributed by atoms with Crippen molar-refractivity contribution < 1.29 is 13.5 Å². The molecule has 96 valence electrons. The van der Waals surface area contributed by atoms with Gasteiger partial charge in [-0.25, -0.2) is 8.42 Å². The van der Waals surface area contributed by atoms with Gasteiger partial charge in [-0.1, -0.05) is 42.3 Å². The molecule has 2 atom stereocenters. The maximum atomic E-state index is 11.6. The van der Waals surface area contributed by atoms with E-state index in [1.54, 1.807) is 31.2 Å². The van der Waals surface area contributed by atoms with Gasteiger partial charge in [0.2, 0.25) is 0 Å². The molecule has 0 aliphatic heterocycles.